The van der Waals surface area contributed by atoms with Gasteiger partial charge in [0.05, 0.1) is 13.2 Å². The third kappa shape index (κ3) is 2.51. The highest BCUT2D eigenvalue weighted by Crippen LogP contribution is 2.21. The van der Waals surface area contributed by atoms with Gasteiger partial charge in [-0.25, -0.2) is 0 Å². The molecule has 4 nitrogen and oxygen atoms in total. The number of carbonyl (C=O) groups is 1. The van der Waals surface area contributed by atoms with Crippen LogP contribution in [0, 0.1) is 6.92 Å². The fourth-order valence-corrected chi connectivity index (χ4v) is 2.94. The molecule has 1 saturated heterocycles. The first kappa shape index (κ1) is 12.5. The third-order valence-corrected chi connectivity index (χ3v) is 4.18. The summed E-state index contributed by atoms with van der Waals surface area (Å²) in [7, 11) is 1.80. The van der Waals surface area contributed by atoms with Crippen molar-refractivity contribution in [2.75, 3.05) is 20.3 Å². The molecule has 5 heteroatoms. The largest absolute Gasteiger partial charge is 0.379 e. The van der Waals surface area contributed by atoms with E-state index in [1.54, 1.807) is 23.3 Å². The Morgan fingerprint density at radius 1 is 1.71 bits per heavy atom. The summed E-state index contributed by atoms with van der Waals surface area (Å²) in [6.07, 6.45) is 0.611. The van der Waals surface area contributed by atoms with Gasteiger partial charge in [0.2, 0.25) is 5.91 Å². The maximum absolute atomic E-state index is 12.2. The predicted octanol–water partition coefficient (Wildman–Crippen LogP) is 1.13. The minimum absolute atomic E-state index is 0.0252. The standard InChI is InChI=1S/C12H18N2O2S/c1-9-3-6-17-10(9)7-14(2)11(15)12(13)4-5-16-8-12/h3,6H,4-5,7-8,13H2,1-2H3. The van der Waals surface area contributed by atoms with Gasteiger partial charge >= 0.3 is 0 Å². The molecule has 0 aromatic carbocycles. The van der Waals surface area contributed by atoms with E-state index in [0.717, 1.165) is 0 Å². The number of thiophene rings is 1. The van der Waals surface area contributed by atoms with Crippen molar-refractivity contribution < 1.29 is 9.53 Å². The molecule has 2 N–H and O–H groups in total. The van der Waals surface area contributed by atoms with Crippen LogP contribution in [-0.2, 0) is 16.1 Å². The smallest absolute Gasteiger partial charge is 0.245 e. The quantitative estimate of drug-likeness (QED) is 0.880. The Labute approximate surface area is 105 Å². The molecule has 2 rings (SSSR count). The number of ether oxygens (including phenoxy) is 1. The summed E-state index contributed by atoms with van der Waals surface area (Å²) in [4.78, 5) is 15.1. The number of likely N-dealkylation sites (N-methyl/N-ethyl adjacent to an activating group) is 1. The van der Waals surface area contributed by atoms with Crippen LogP contribution >= 0.6 is 11.3 Å². The average molecular weight is 254 g/mol. The summed E-state index contributed by atoms with van der Waals surface area (Å²) < 4.78 is 5.22. The third-order valence-electron chi connectivity index (χ3n) is 3.17. The lowest BCUT2D eigenvalue weighted by atomic mass is 9.98. The van der Waals surface area contributed by atoms with Crippen LogP contribution < -0.4 is 5.73 Å². The predicted molar refractivity (Wildman–Crippen MR) is 67.9 cm³/mol. The SMILES string of the molecule is Cc1ccsc1CN(C)C(=O)C1(N)CCOC1. The van der Waals surface area contributed by atoms with E-state index in [0.29, 0.717) is 26.2 Å². The molecule has 0 aliphatic carbocycles. The molecule has 2 heterocycles. The fourth-order valence-electron chi connectivity index (χ4n) is 1.98. The van der Waals surface area contributed by atoms with Gasteiger partial charge in [-0.2, -0.15) is 0 Å². The van der Waals surface area contributed by atoms with Crippen molar-refractivity contribution in [2.45, 2.75) is 25.4 Å². The van der Waals surface area contributed by atoms with Crippen LogP contribution in [0.1, 0.15) is 16.9 Å². The summed E-state index contributed by atoms with van der Waals surface area (Å²) in [5, 5.41) is 2.04. The lowest BCUT2D eigenvalue weighted by Crippen LogP contribution is -2.54. The number of hydrogen-bond donors (Lipinski definition) is 1. The van der Waals surface area contributed by atoms with Crippen LogP contribution in [0.25, 0.3) is 0 Å². The molecule has 17 heavy (non-hydrogen) atoms. The van der Waals surface area contributed by atoms with E-state index in [9.17, 15) is 4.79 Å². The van der Waals surface area contributed by atoms with Gasteiger partial charge in [-0.3, -0.25) is 4.79 Å². The number of nitrogens with two attached hydrogens (primary N) is 1. The van der Waals surface area contributed by atoms with E-state index >= 15 is 0 Å². The minimum Gasteiger partial charge on any atom is -0.379 e. The minimum atomic E-state index is -0.820. The Balaban J connectivity index is 2.03. The molecule has 1 aromatic heterocycles. The zero-order chi connectivity index (χ0) is 12.5. The van der Waals surface area contributed by atoms with Crippen molar-refractivity contribution in [3.05, 3.63) is 21.9 Å². The zero-order valence-electron chi connectivity index (χ0n) is 10.2. The Morgan fingerprint density at radius 3 is 3.00 bits per heavy atom. The molecular formula is C12H18N2O2S. The second-order valence-corrected chi connectivity index (χ2v) is 5.65. The number of rotatable bonds is 3. The van der Waals surface area contributed by atoms with Gasteiger partial charge in [0.1, 0.15) is 5.54 Å². The number of nitrogens with zero attached hydrogens (tertiary/aromatic N) is 1. The van der Waals surface area contributed by atoms with Crippen LogP contribution in [0.2, 0.25) is 0 Å². The van der Waals surface area contributed by atoms with Gasteiger partial charge in [0.15, 0.2) is 0 Å². The van der Waals surface area contributed by atoms with E-state index < -0.39 is 5.54 Å². The van der Waals surface area contributed by atoms with E-state index in [1.807, 2.05) is 5.38 Å². The Morgan fingerprint density at radius 2 is 2.47 bits per heavy atom. The maximum atomic E-state index is 12.2. The summed E-state index contributed by atoms with van der Waals surface area (Å²) in [6, 6.07) is 2.06. The molecule has 94 valence electrons. The molecule has 1 amide bonds. The lowest BCUT2D eigenvalue weighted by Gasteiger charge is -2.27. The normalized spacial score (nSPS) is 23.9. The van der Waals surface area contributed by atoms with Crippen LogP contribution in [0.4, 0.5) is 0 Å². The first-order chi connectivity index (χ1) is 8.03. The first-order valence-corrected chi connectivity index (χ1v) is 6.56. The van der Waals surface area contributed by atoms with E-state index in [4.69, 9.17) is 10.5 Å². The Hall–Kier alpha value is -0.910. The van der Waals surface area contributed by atoms with Crippen molar-refractivity contribution in [3.63, 3.8) is 0 Å². The zero-order valence-corrected chi connectivity index (χ0v) is 11.0. The number of hydrogen-bond acceptors (Lipinski definition) is 4. The van der Waals surface area contributed by atoms with Gasteiger partial charge in [0.25, 0.3) is 0 Å². The van der Waals surface area contributed by atoms with Crippen LogP contribution in [0.15, 0.2) is 11.4 Å². The number of amides is 1. The maximum Gasteiger partial charge on any atom is 0.245 e. The molecular weight excluding hydrogens is 236 g/mol. The van der Waals surface area contributed by atoms with E-state index in [2.05, 4.69) is 13.0 Å². The molecule has 1 aromatic rings. The van der Waals surface area contributed by atoms with Crippen LogP contribution in [0.3, 0.4) is 0 Å². The summed E-state index contributed by atoms with van der Waals surface area (Å²) in [5.41, 5.74) is 6.46. The lowest BCUT2D eigenvalue weighted by molar-refractivity contribution is -0.136. The molecule has 1 unspecified atom stereocenters. The highest BCUT2D eigenvalue weighted by atomic mass is 32.1. The first-order valence-electron chi connectivity index (χ1n) is 5.68. The highest BCUT2D eigenvalue weighted by Gasteiger charge is 2.40. The van der Waals surface area contributed by atoms with Gasteiger partial charge in [-0.1, -0.05) is 0 Å². The van der Waals surface area contributed by atoms with Crippen LogP contribution in [-0.4, -0.2) is 36.6 Å². The topological polar surface area (TPSA) is 55.6 Å². The number of aryl methyl sites for hydroxylation is 1. The molecule has 0 bridgehead atoms. The molecule has 0 saturated carbocycles. The van der Waals surface area contributed by atoms with E-state index in [1.165, 1.54) is 10.4 Å². The van der Waals surface area contributed by atoms with E-state index in [-0.39, 0.29) is 5.91 Å². The van der Waals surface area contributed by atoms with Crippen molar-refractivity contribution in [1.29, 1.82) is 0 Å². The van der Waals surface area contributed by atoms with Gasteiger partial charge in [-0.15, -0.1) is 11.3 Å². The van der Waals surface area contributed by atoms with Crippen molar-refractivity contribution in [2.24, 2.45) is 5.73 Å². The highest BCUT2D eigenvalue weighted by molar-refractivity contribution is 7.10. The Kier molecular flexibility index (Phi) is 3.51. The van der Waals surface area contributed by atoms with Crippen LogP contribution in [0.5, 0.6) is 0 Å². The summed E-state index contributed by atoms with van der Waals surface area (Å²) in [5.74, 6) is -0.0252. The fraction of sp³-hybridized carbons (Fsp3) is 0.583. The molecule has 1 aliphatic heterocycles. The van der Waals surface area contributed by atoms with Crippen molar-refractivity contribution >= 4 is 17.2 Å². The van der Waals surface area contributed by atoms with Gasteiger partial charge in [0, 0.05) is 18.5 Å². The summed E-state index contributed by atoms with van der Waals surface area (Å²) in [6.45, 7) is 3.59. The number of carbonyl (C=O) groups excluding carboxylic acids is 1. The molecule has 0 radical (unpaired) electrons. The second kappa shape index (κ2) is 4.76. The Bertz CT molecular complexity index is 410. The second-order valence-electron chi connectivity index (χ2n) is 4.65. The van der Waals surface area contributed by atoms with Gasteiger partial charge < -0.3 is 15.4 Å². The average Bonchev–Trinajstić information content (AvgIpc) is 2.89. The monoisotopic (exact) mass is 254 g/mol. The molecule has 1 fully saturated rings. The van der Waals surface area contributed by atoms with Gasteiger partial charge in [-0.05, 0) is 30.4 Å². The van der Waals surface area contributed by atoms with Crippen molar-refractivity contribution in [3.8, 4) is 0 Å². The van der Waals surface area contributed by atoms with Crippen molar-refractivity contribution in [1.82, 2.24) is 4.90 Å². The molecule has 1 aliphatic rings. The molecule has 0 spiro atoms. The molecule has 1 atom stereocenters. The summed E-state index contributed by atoms with van der Waals surface area (Å²) >= 11 is 1.67.